The molecular weight excluding hydrogens is 226 g/mol. The Labute approximate surface area is 106 Å². The van der Waals surface area contributed by atoms with Gasteiger partial charge in [0, 0.05) is 12.1 Å². The van der Waals surface area contributed by atoms with Crippen LogP contribution in [0.3, 0.4) is 0 Å². The highest BCUT2D eigenvalue weighted by Crippen LogP contribution is 2.24. The number of aryl methyl sites for hydroxylation is 1. The number of rotatable bonds is 2. The van der Waals surface area contributed by atoms with E-state index in [2.05, 4.69) is 34.5 Å². The molecule has 94 valence electrons. The molecular formula is C14H17N3O. The molecule has 1 aromatic heterocycles. The zero-order chi connectivity index (χ0) is 12.4. The Morgan fingerprint density at radius 3 is 3.11 bits per heavy atom. The van der Waals surface area contributed by atoms with Crippen LogP contribution in [0.25, 0.3) is 11.4 Å². The van der Waals surface area contributed by atoms with Gasteiger partial charge in [0.15, 0.2) is 0 Å². The summed E-state index contributed by atoms with van der Waals surface area (Å²) in [6.07, 6.45) is 2.30. The van der Waals surface area contributed by atoms with Gasteiger partial charge >= 0.3 is 0 Å². The average molecular weight is 243 g/mol. The lowest BCUT2D eigenvalue weighted by atomic mass is 10.00. The number of nitrogens with zero attached hydrogens (tertiary/aromatic N) is 2. The third-order valence-electron chi connectivity index (χ3n) is 3.36. The minimum atomic E-state index is 0.366. The lowest BCUT2D eigenvalue weighted by Crippen LogP contribution is -2.28. The highest BCUT2D eigenvalue weighted by molar-refractivity contribution is 5.55. The van der Waals surface area contributed by atoms with Crippen LogP contribution in [0, 0.1) is 6.92 Å². The smallest absolute Gasteiger partial charge is 0.231 e. The molecule has 2 aromatic rings. The van der Waals surface area contributed by atoms with Crippen LogP contribution in [0.2, 0.25) is 0 Å². The Morgan fingerprint density at radius 2 is 2.33 bits per heavy atom. The van der Waals surface area contributed by atoms with E-state index in [9.17, 15) is 0 Å². The van der Waals surface area contributed by atoms with Crippen LogP contribution in [0.15, 0.2) is 28.8 Å². The van der Waals surface area contributed by atoms with Gasteiger partial charge in [0.1, 0.15) is 0 Å². The molecule has 0 unspecified atom stereocenters. The van der Waals surface area contributed by atoms with Crippen molar-refractivity contribution in [1.82, 2.24) is 15.5 Å². The van der Waals surface area contributed by atoms with Crippen molar-refractivity contribution >= 4 is 0 Å². The standard InChI is InChI=1S/C14H17N3O/c1-10-4-2-5-11(8-10)13-16-14(18-17-13)12-6-3-7-15-9-12/h2,4-5,8,12,15H,3,6-7,9H2,1H3/t12-/m0/s1. The van der Waals surface area contributed by atoms with Gasteiger partial charge in [0.25, 0.3) is 0 Å². The van der Waals surface area contributed by atoms with Gasteiger partial charge in [-0.1, -0.05) is 28.9 Å². The van der Waals surface area contributed by atoms with Gasteiger partial charge in [0.05, 0.1) is 5.92 Å². The molecule has 0 bridgehead atoms. The first kappa shape index (κ1) is 11.4. The van der Waals surface area contributed by atoms with E-state index >= 15 is 0 Å². The fraction of sp³-hybridized carbons (Fsp3) is 0.429. The largest absolute Gasteiger partial charge is 0.339 e. The van der Waals surface area contributed by atoms with Gasteiger partial charge in [-0.3, -0.25) is 0 Å². The average Bonchev–Trinajstić information content (AvgIpc) is 2.89. The molecule has 1 N–H and O–H groups in total. The van der Waals surface area contributed by atoms with Gasteiger partial charge in [-0.15, -0.1) is 0 Å². The van der Waals surface area contributed by atoms with Crippen LogP contribution in [0.5, 0.6) is 0 Å². The van der Waals surface area contributed by atoms with Crippen molar-refractivity contribution < 1.29 is 4.52 Å². The third-order valence-corrected chi connectivity index (χ3v) is 3.36. The molecule has 0 saturated carbocycles. The molecule has 0 spiro atoms. The van der Waals surface area contributed by atoms with E-state index in [-0.39, 0.29) is 0 Å². The molecule has 0 radical (unpaired) electrons. The van der Waals surface area contributed by atoms with E-state index < -0.39 is 0 Å². The first-order chi connectivity index (χ1) is 8.83. The van der Waals surface area contributed by atoms with Crippen molar-refractivity contribution in [1.29, 1.82) is 0 Å². The van der Waals surface area contributed by atoms with Crippen molar-refractivity contribution in [2.24, 2.45) is 0 Å². The molecule has 0 amide bonds. The molecule has 1 aliphatic rings. The Morgan fingerprint density at radius 1 is 1.39 bits per heavy atom. The first-order valence-electron chi connectivity index (χ1n) is 6.44. The minimum absolute atomic E-state index is 0.366. The predicted molar refractivity (Wildman–Crippen MR) is 69.3 cm³/mol. The topological polar surface area (TPSA) is 51.0 Å². The fourth-order valence-corrected chi connectivity index (χ4v) is 2.37. The van der Waals surface area contributed by atoms with Crippen molar-refractivity contribution in [2.75, 3.05) is 13.1 Å². The maximum atomic E-state index is 5.40. The molecule has 0 aliphatic carbocycles. The van der Waals surface area contributed by atoms with E-state index in [1.54, 1.807) is 0 Å². The summed E-state index contributed by atoms with van der Waals surface area (Å²) in [5.41, 5.74) is 2.23. The van der Waals surface area contributed by atoms with Gasteiger partial charge in [-0.05, 0) is 32.4 Å². The Bertz CT molecular complexity index is 529. The summed E-state index contributed by atoms with van der Waals surface area (Å²) >= 11 is 0. The summed E-state index contributed by atoms with van der Waals surface area (Å²) in [5, 5.41) is 7.45. The predicted octanol–water partition coefficient (Wildman–Crippen LogP) is 2.51. The van der Waals surface area contributed by atoms with Gasteiger partial charge in [-0.2, -0.15) is 4.98 Å². The zero-order valence-electron chi connectivity index (χ0n) is 10.5. The second kappa shape index (κ2) is 4.90. The summed E-state index contributed by atoms with van der Waals surface area (Å²) in [5.74, 6) is 1.82. The maximum absolute atomic E-state index is 5.40. The lowest BCUT2D eigenvalue weighted by Gasteiger charge is -2.18. The molecule has 4 heteroatoms. The number of nitrogens with one attached hydrogen (secondary N) is 1. The molecule has 4 nitrogen and oxygen atoms in total. The monoisotopic (exact) mass is 243 g/mol. The summed E-state index contributed by atoms with van der Waals surface area (Å²) in [7, 11) is 0. The SMILES string of the molecule is Cc1cccc(-c2noc([C@H]3CCCNC3)n2)c1. The second-order valence-electron chi connectivity index (χ2n) is 4.87. The Kier molecular flexibility index (Phi) is 3.11. The molecule has 2 heterocycles. The molecule has 1 saturated heterocycles. The van der Waals surface area contributed by atoms with Crippen molar-refractivity contribution in [2.45, 2.75) is 25.7 Å². The van der Waals surface area contributed by atoms with Crippen LogP contribution in [-0.4, -0.2) is 23.2 Å². The zero-order valence-corrected chi connectivity index (χ0v) is 10.5. The first-order valence-corrected chi connectivity index (χ1v) is 6.44. The van der Waals surface area contributed by atoms with Crippen LogP contribution >= 0.6 is 0 Å². The summed E-state index contributed by atoms with van der Waals surface area (Å²) in [6, 6.07) is 8.17. The number of hydrogen-bond acceptors (Lipinski definition) is 4. The fourth-order valence-electron chi connectivity index (χ4n) is 2.37. The Balaban J connectivity index is 1.84. The lowest BCUT2D eigenvalue weighted by molar-refractivity contribution is 0.322. The van der Waals surface area contributed by atoms with E-state index in [1.165, 1.54) is 12.0 Å². The molecule has 1 aliphatic heterocycles. The number of piperidine rings is 1. The number of hydrogen-bond donors (Lipinski definition) is 1. The van der Waals surface area contributed by atoms with Crippen LogP contribution in [0.1, 0.15) is 30.2 Å². The molecule has 18 heavy (non-hydrogen) atoms. The molecule has 3 rings (SSSR count). The van der Waals surface area contributed by atoms with Crippen LogP contribution < -0.4 is 5.32 Å². The molecule has 1 fully saturated rings. The van der Waals surface area contributed by atoms with E-state index in [4.69, 9.17) is 4.52 Å². The second-order valence-corrected chi connectivity index (χ2v) is 4.87. The number of aromatic nitrogens is 2. The van der Waals surface area contributed by atoms with E-state index in [1.807, 2.05) is 12.1 Å². The van der Waals surface area contributed by atoms with Gasteiger partial charge in [0.2, 0.25) is 11.7 Å². The van der Waals surface area contributed by atoms with Crippen molar-refractivity contribution in [3.63, 3.8) is 0 Å². The van der Waals surface area contributed by atoms with Gasteiger partial charge in [-0.25, -0.2) is 0 Å². The summed E-state index contributed by atoms with van der Waals surface area (Å²) in [6.45, 7) is 4.10. The normalized spacial score (nSPS) is 19.9. The minimum Gasteiger partial charge on any atom is -0.339 e. The van der Waals surface area contributed by atoms with E-state index in [0.29, 0.717) is 11.7 Å². The maximum Gasteiger partial charge on any atom is 0.231 e. The molecule has 1 atom stereocenters. The third kappa shape index (κ3) is 2.29. The van der Waals surface area contributed by atoms with Crippen molar-refractivity contribution in [3.8, 4) is 11.4 Å². The van der Waals surface area contributed by atoms with Crippen LogP contribution in [-0.2, 0) is 0 Å². The highest BCUT2D eigenvalue weighted by atomic mass is 16.5. The summed E-state index contributed by atoms with van der Waals surface area (Å²) < 4.78 is 5.40. The number of benzene rings is 1. The molecule has 1 aromatic carbocycles. The highest BCUT2D eigenvalue weighted by Gasteiger charge is 2.21. The van der Waals surface area contributed by atoms with E-state index in [0.717, 1.165) is 31.0 Å². The summed E-state index contributed by atoms with van der Waals surface area (Å²) in [4.78, 5) is 4.53. The van der Waals surface area contributed by atoms with Crippen molar-refractivity contribution in [3.05, 3.63) is 35.7 Å². The quantitative estimate of drug-likeness (QED) is 0.880. The van der Waals surface area contributed by atoms with Gasteiger partial charge < -0.3 is 9.84 Å². The Hall–Kier alpha value is -1.68. The van der Waals surface area contributed by atoms with Crippen LogP contribution in [0.4, 0.5) is 0 Å².